The number of aryl methyl sites for hydroxylation is 1. The molecule has 4 rings (SSSR count). The van der Waals surface area contributed by atoms with E-state index in [0.717, 1.165) is 11.1 Å². The van der Waals surface area contributed by atoms with E-state index >= 15 is 0 Å². The minimum Gasteiger partial charge on any atom is -0.496 e. The Labute approximate surface area is 209 Å². The van der Waals surface area contributed by atoms with E-state index in [9.17, 15) is 13.2 Å². The molecule has 0 saturated carbocycles. The number of carbonyl (C=O) groups excluding carboxylic acids is 1. The van der Waals surface area contributed by atoms with Crippen molar-refractivity contribution in [2.24, 2.45) is 0 Å². The highest BCUT2D eigenvalue weighted by Gasteiger charge is 2.27. The number of fused-ring (bicyclic) bond motifs is 1. The molecule has 1 amide bonds. The summed E-state index contributed by atoms with van der Waals surface area (Å²) >= 11 is 0. The van der Waals surface area contributed by atoms with E-state index in [1.165, 1.54) is 14.2 Å². The minimum atomic E-state index is -4.04. The summed E-state index contributed by atoms with van der Waals surface area (Å²) in [5, 5.41) is 4.32. The molecule has 0 unspecified atom stereocenters. The zero-order valence-corrected chi connectivity index (χ0v) is 21.1. The van der Waals surface area contributed by atoms with Crippen LogP contribution in [0.3, 0.4) is 0 Å². The van der Waals surface area contributed by atoms with Crippen molar-refractivity contribution in [3.8, 4) is 23.8 Å². The van der Waals surface area contributed by atoms with E-state index in [1.54, 1.807) is 29.2 Å². The third-order valence-electron chi connectivity index (χ3n) is 6.02. The van der Waals surface area contributed by atoms with E-state index in [4.69, 9.17) is 25.2 Å². The van der Waals surface area contributed by atoms with Crippen LogP contribution in [-0.2, 0) is 32.6 Å². The predicted octanol–water partition coefficient (Wildman–Crippen LogP) is 2.96. The largest absolute Gasteiger partial charge is 0.496 e. The smallest absolute Gasteiger partial charge is 0.298 e. The lowest BCUT2D eigenvalue weighted by molar-refractivity contribution is -0.124. The number of benzene rings is 2. The number of terminal acetylenes is 1. The van der Waals surface area contributed by atoms with Gasteiger partial charge in [-0.3, -0.25) is 9.52 Å². The first-order valence-electron chi connectivity index (χ1n) is 11.3. The molecule has 1 aromatic heterocycles. The van der Waals surface area contributed by atoms with Crippen LogP contribution in [-0.4, -0.2) is 57.8 Å². The molecule has 0 spiro atoms. The summed E-state index contributed by atoms with van der Waals surface area (Å²) in [4.78, 5) is 13.2. The second-order valence-corrected chi connectivity index (χ2v) is 9.91. The molecule has 11 heteroatoms. The van der Waals surface area contributed by atoms with Gasteiger partial charge in [-0.05, 0) is 54.2 Å². The Bertz CT molecular complexity index is 1430. The van der Waals surface area contributed by atoms with Gasteiger partial charge in [0, 0.05) is 13.1 Å². The molecule has 1 atom stereocenters. The number of hydrogen-bond donors (Lipinski definition) is 1. The van der Waals surface area contributed by atoms with Crippen molar-refractivity contribution < 1.29 is 31.9 Å². The van der Waals surface area contributed by atoms with Crippen LogP contribution in [0.5, 0.6) is 11.5 Å². The normalized spacial score (nSPS) is 15.6. The number of amides is 1. The topological polar surface area (TPSA) is 120 Å². The second-order valence-electron chi connectivity index (χ2n) is 8.26. The molecule has 190 valence electrons. The minimum absolute atomic E-state index is 0.00147. The fourth-order valence-electron chi connectivity index (χ4n) is 4.09. The lowest BCUT2D eigenvalue weighted by atomic mass is 10.1. The lowest BCUT2D eigenvalue weighted by Gasteiger charge is -2.14. The standard InChI is InChI=1S/C25H27N3O7S/c1-5-16-7-8-19(32-3)22(13-16)36(30,31)27-25-24-20(33-4)11-17(12-21(24)35-26-25)15-34-18-9-10-28(14-18)23(29)6-2/h2,7-8,11-13,18H,5,9-10,14-15H2,1,3-4H3,(H,26,27)/t18-/m1/s1. The molecule has 0 radical (unpaired) electrons. The lowest BCUT2D eigenvalue weighted by Crippen LogP contribution is -2.28. The first-order chi connectivity index (χ1) is 17.3. The molecule has 1 aliphatic heterocycles. The van der Waals surface area contributed by atoms with E-state index in [0.29, 0.717) is 42.6 Å². The highest BCUT2D eigenvalue weighted by atomic mass is 32.2. The number of carbonyl (C=O) groups is 1. The quantitative estimate of drug-likeness (QED) is 0.434. The molecular formula is C25H27N3O7S. The Kier molecular flexibility index (Phi) is 7.37. The molecule has 1 aliphatic rings. The maximum Gasteiger partial charge on any atom is 0.298 e. The van der Waals surface area contributed by atoms with E-state index in [1.807, 2.05) is 13.0 Å². The molecule has 2 heterocycles. The monoisotopic (exact) mass is 513 g/mol. The van der Waals surface area contributed by atoms with Crippen molar-refractivity contribution in [2.45, 2.75) is 37.4 Å². The van der Waals surface area contributed by atoms with E-state index in [2.05, 4.69) is 15.8 Å². The third-order valence-corrected chi connectivity index (χ3v) is 7.38. The van der Waals surface area contributed by atoms with Gasteiger partial charge in [0.15, 0.2) is 11.4 Å². The number of sulfonamides is 1. The molecular weight excluding hydrogens is 486 g/mol. The SMILES string of the molecule is C#CC(=O)N1CC[C@@H](OCc2cc(OC)c3c(NS(=O)(=O)c4cc(CC)ccc4OC)noc3c2)C1. The number of nitrogens with zero attached hydrogens (tertiary/aromatic N) is 2. The van der Waals surface area contributed by atoms with Gasteiger partial charge in [-0.25, -0.2) is 8.42 Å². The highest BCUT2D eigenvalue weighted by Crippen LogP contribution is 2.36. The molecule has 0 aliphatic carbocycles. The van der Waals surface area contributed by atoms with Crippen molar-refractivity contribution in [2.75, 3.05) is 32.0 Å². The predicted molar refractivity (Wildman–Crippen MR) is 132 cm³/mol. The van der Waals surface area contributed by atoms with Gasteiger partial charge in [0.25, 0.3) is 15.9 Å². The fourth-order valence-corrected chi connectivity index (χ4v) is 5.32. The molecule has 10 nitrogen and oxygen atoms in total. The number of aromatic nitrogens is 1. The van der Waals surface area contributed by atoms with Crippen molar-refractivity contribution in [1.82, 2.24) is 10.1 Å². The van der Waals surface area contributed by atoms with Crippen LogP contribution in [0.2, 0.25) is 0 Å². The Balaban J connectivity index is 1.56. The van der Waals surface area contributed by atoms with Crippen molar-refractivity contribution in [1.29, 1.82) is 0 Å². The number of likely N-dealkylation sites (tertiary alicyclic amines) is 1. The summed E-state index contributed by atoms with van der Waals surface area (Å²) in [7, 11) is -1.16. The van der Waals surface area contributed by atoms with Crippen LogP contribution in [0, 0.1) is 12.3 Å². The van der Waals surface area contributed by atoms with Crippen LogP contribution < -0.4 is 14.2 Å². The zero-order chi connectivity index (χ0) is 25.9. The molecule has 36 heavy (non-hydrogen) atoms. The van der Waals surface area contributed by atoms with Gasteiger partial charge in [-0.1, -0.05) is 18.1 Å². The summed E-state index contributed by atoms with van der Waals surface area (Å²) in [6.45, 7) is 3.15. The number of nitrogens with one attached hydrogen (secondary N) is 1. The van der Waals surface area contributed by atoms with Gasteiger partial charge >= 0.3 is 0 Å². The summed E-state index contributed by atoms with van der Waals surface area (Å²) in [5.41, 5.74) is 1.91. The van der Waals surface area contributed by atoms with Gasteiger partial charge in [0.1, 0.15) is 21.8 Å². The van der Waals surface area contributed by atoms with Crippen LogP contribution in [0.25, 0.3) is 11.0 Å². The number of anilines is 1. The van der Waals surface area contributed by atoms with Crippen LogP contribution >= 0.6 is 0 Å². The molecule has 0 bridgehead atoms. The van der Waals surface area contributed by atoms with Crippen molar-refractivity contribution in [3.05, 3.63) is 41.5 Å². The molecule has 1 N–H and O–H groups in total. The third kappa shape index (κ3) is 5.10. The van der Waals surface area contributed by atoms with Gasteiger partial charge < -0.3 is 23.6 Å². The average molecular weight is 514 g/mol. The van der Waals surface area contributed by atoms with Gasteiger partial charge in [-0.15, -0.1) is 6.42 Å². The summed E-state index contributed by atoms with van der Waals surface area (Å²) in [6, 6.07) is 8.44. The molecule has 1 saturated heterocycles. The summed E-state index contributed by atoms with van der Waals surface area (Å²) in [5.74, 6) is 2.35. The first-order valence-corrected chi connectivity index (χ1v) is 12.8. The second kappa shape index (κ2) is 10.5. The number of ether oxygens (including phenoxy) is 3. The van der Waals surface area contributed by atoms with E-state index < -0.39 is 10.0 Å². The number of hydrogen-bond acceptors (Lipinski definition) is 8. The number of rotatable bonds is 9. The van der Waals surface area contributed by atoms with Crippen LogP contribution in [0.4, 0.5) is 5.82 Å². The maximum absolute atomic E-state index is 13.2. The average Bonchev–Trinajstić information content (AvgIpc) is 3.53. The van der Waals surface area contributed by atoms with Crippen LogP contribution in [0.15, 0.2) is 39.8 Å². The van der Waals surface area contributed by atoms with Gasteiger partial charge in [-0.2, -0.15) is 0 Å². The van der Waals surface area contributed by atoms with Crippen molar-refractivity contribution in [3.63, 3.8) is 0 Å². The van der Waals surface area contributed by atoms with E-state index in [-0.39, 0.29) is 35.1 Å². The first kappa shape index (κ1) is 25.3. The number of methoxy groups -OCH3 is 2. The zero-order valence-electron chi connectivity index (χ0n) is 20.2. The molecule has 2 aromatic carbocycles. The van der Waals surface area contributed by atoms with Gasteiger partial charge in [0.05, 0.1) is 26.9 Å². The Morgan fingerprint density at radius 2 is 2.00 bits per heavy atom. The Morgan fingerprint density at radius 3 is 2.69 bits per heavy atom. The maximum atomic E-state index is 13.2. The Hall–Kier alpha value is -3.75. The van der Waals surface area contributed by atoms with Crippen LogP contribution in [0.1, 0.15) is 24.5 Å². The summed E-state index contributed by atoms with van der Waals surface area (Å²) in [6.07, 6.45) is 6.39. The Morgan fingerprint density at radius 1 is 1.22 bits per heavy atom. The fraction of sp³-hybridized carbons (Fsp3) is 0.360. The van der Waals surface area contributed by atoms with Gasteiger partial charge in [0.2, 0.25) is 0 Å². The molecule has 3 aromatic rings. The summed E-state index contributed by atoms with van der Waals surface area (Å²) < 4.78 is 51.1. The molecule has 1 fully saturated rings. The highest BCUT2D eigenvalue weighted by molar-refractivity contribution is 7.92. The van der Waals surface area contributed by atoms with Crippen molar-refractivity contribution >= 4 is 32.7 Å².